The van der Waals surface area contributed by atoms with E-state index in [0.717, 1.165) is 89.1 Å². The lowest BCUT2D eigenvalue weighted by Crippen LogP contribution is -2.55. The van der Waals surface area contributed by atoms with Crippen LogP contribution in [0.1, 0.15) is 225 Å². The maximum absolute atomic E-state index is 3.27. The van der Waals surface area contributed by atoms with Crippen LogP contribution in [0.25, 0.3) is 0 Å². The lowest BCUT2D eigenvalue weighted by molar-refractivity contribution is -0.124. The third-order valence-electron chi connectivity index (χ3n) is 19.4. The van der Waals surface area contributed by atoms with Crippen LogP contribution in [0.2, 0.25) is 0 Å². The van der Waals surface area contributed by atoms with E-state index in [1.165, 1.54) is 77.0 Å². The molecule has 9 aliphatic carbocycles. The highest BCUT2D eigenvalue weighted by atomic mass is 15.2. The molecule has 9 rings (SSSR count). The fraction of sp³-hybridized carbons (Fsp3) is 1.00. The number of hydrogen-bond acceptors (Lipinski definition) is 1. The maximum atomic E-state index is 3.27. The van der Waals surface area contributed by atoms with E-state index in [2.05, 4.69) is 4.90 Å². The zero-order valence-electron chi connectivity index (χ0n) is 33.9. The van der Waals surface area contributed by atoms with Crippen molar-refractivity contribution in [3.63, 3.8) is 0 Å². The van der Waals surface area contributed by atoms with Gasteiger partial charge in [0.15, 0.2) is 0 Å². The van der Waals surface area contributed by atoms with Gasteiger partial charge in [0, 0.05) is 18.1 Å². The Kier molecular flexibility index (Phi) is 12.5. The van der Waals surface area contributed by atoms with Gasteiger partial charge in [-0.2, -0.15) is 0 Å². The minimum atomic E-state index is 0.934. The van der Waals surface area contributed by atoms with Gasteiger partial charge in [-0.25, -0.2) is 0 Å². The second-order valence-corrected chi connectivity index (χ2v) is 21.8. The summed E-state index contributed by atoms with van der Waals surface area (Å²) in [4.78, 5) is 3.27. The first-order chi connectivity index (χ1) is 25.3. The van der Waals surface area contributed by atoms with Gasteiger partial charge in [-0.3, -0.25) is 4.90 Å². The van der Waals surface area contributed by atoms with Crippen molar-refractivity contribution >= 4 is 0 Å². The number of hydrogen-bond donors (Lipinski definition) is 0. The van der Waals surface area contributed by atoms with Crippen LogP contribution >= 0.6 is 0 Å². The number of fused-ring (bicyclic) bond motifs is 2. The van der Waals surface area contributed by atoms with Crippen LogP contribution in [-0.4, -0.2) is 23.0 Å². The summed E-state index contributed by atoms with van der Waals surface area (Å²) in [6.45, 7) is 0. The van der Waals surface area contributed by atoms with Crippen molar-refractivity contribution in [1.29, 1.82) is 0 Å². The van der Waals surface area contributed by atoms with Crippen LogP contribution in [0.15, 0.2) is 0 Å². The molecule has 0 aromatic heterocycles. The Morgan fingerprint density at radius 3 is 0.941 bits per heavy atom. The molecule has 0 aromatic rings. The molecule has 1 heteroatoms. The lowest BCUT2D eigenvalue weighted by Gasteiger charge is -2.61. The molecule has 9 fully saturated rings. The topological polar surface area (TPSA) is 3.24 Å². The first-order valence-electron chi connectivity index (χ1n) is 25.1. The van der Waals surface area contributed by atoms with E-state index in [4.69, 9.17) is 0 Å². The van der Waals surface area contributed by atoms with Crippen LogP contribution < -0.4 is 0 Å². The standard InChI is InChI=1S/C50H85N/c1-5-17-36(18-6-1)39-33-40(37-19-7-2-8-20-37)35-41(34-39)50-47-27-15-13-25-45(47)49(46-26-14-16-28-48(46)50)38-29-31-44(32-30-38)51(42-21-9-3-10-22-42)43-23-11-4-12-24-43/h36-50H,1-35H2. The molecule has 0 aromatic carbocycles. The second-order valence-electron chi connectivity index (χ2n) is 21.8. The van der Waals surface area contributed by atoms with Gasteiger partial charge in [0.25, 0.3) is 0 Å². The Balaban J connectivity index is 0.946. The smallest absolute Gasteiger partial charge is 0.0101 e. The van der Waals surface area contributed by atoms with Gasteiger partial charge in [-0.15, -0.1) is 0 Å². The van der Waals surface area contributed by atoms with Crippen LogP contribution in [-0.2, 0) is 0 Å². The Labute approximate surface area is 317 Å². The summed E-state index contributed by atoms with van der Waals surface area (Å²) < 4.78 is 0. The predicted molar refractivity (Wildman–Crippen MR) is 217 cm³/mol. The van der Waals surface area contributed by atoms with Gasteiger partial charge >= 0.3 is 0 Å². The fourth-order valence-electron chi connectivity index (χ4n) is 17.5. The Hall–Kier alpha value is -0.0400. The summed E-state index contributed by atoms with van der Waals surface area (Å²) in [6, 6.07) is 2.81. The number of rotatable bonds is 7. The summed E-state index contributed by atoms with van der Waals surface area (Å²) in [6.07, 6.45) is 55.1. The molecule has 0 bridgehead atoms. The molecule has 0 amide bonds. The van der Waals surface area contributed by atoms with E-state index in [9.17, 15) is 0 Å². The van der Waals surface area contributed by atoms with E-state index >= 15 is 0 Å². The summed E-state index contributed by atoms with van der Waals surface area (Å²) in [7, 11) is 0. The third kappa shape index (κ3) is 7.99. The van der Waals surface area contributed by atoms with Crippen molar-refractivity contribution in [2.75, 3.05) is 0 Å². The molecule has 0 aliphatic heterocycles. The first-order valence-corrected chi connectivity index (χ1v) is 25.1. The van der Waals surface area contributed by atoms with Crippen LogP contribution in [0.4, 0.5) is 0 Å². The summed E-state index contributed by atoms with van der Waals surface area (Å²) >= 11 is 0. The molecule has 0 radical (unpaired) electrons. The molecule has 0 N–H and O–H groups in total. The molecule has 9 aliphatic rings. The van der Waals surface area contributed by atoms with Crippen molar-refractivity contribution in [1.82, 2.24) is 4.90 Å². The zero-order chi connectivity index (χ0) is 34.0. The van der Waals surface area contributed by atoms with Gasteiger partial charge in [0.1, 0.15) is 0 Å². The quantitative estimate of drug-likeness (QED) is 0.256. The SMILES string of the molecule is C1CCC(C2CC(C3CCCCC3)CC(C3C4CCCCC4C(C4CCC(N(C5CCCCC5)C5CCCCC5)CC4)C4CCCCC43)C2)CC1. The van der Waals surface area contributed by atoms with Gasteiger partial charge in [0.05, 0.1) is 0 Å². The Morgan fingerprint density at radius 1 is 0.216 bits per heavy atom. The van der Waals surface area contributed by atoms with Crippen LogP contribution in [0, 0.1) is 71.0 Å². The molecule has 6 unspecified atom stereocenters. The average molecular weight is 700 g/mol. The minimum Gasteiger partial charge on any atom is -0.294 e. The summed E-state index contributed by atoms with van der Waals surface area (Å²) in [5, 5.41) is 0. The summed E-state index contributed by atoms with van der Waals surface area (Å²) in [5.41, 5.74) is 0. The van der Waals surface area contributed by atoms with Crippen molar-refractivity contribution in [2.45, 2.75) is 243 Å². The molecular weight excluding hydrogens is 615 g/mol. The fourth-order valence-corrected chi connectivity index (χ4v) is 17.5. The molecule has 51 heavy (non-hydrogen) atoms. The normalized spacial score (nSPS) is 44.5. The average Bonchev–Trinajstić information content (AvgIpc) is 3.21. The molecule has 1 nitrogen and oxygen atoms in total. The van der Waals surface area contributed by atoms with Gasteiger partial charge in [-0.1, -0.05) is 128 Å². The van der Waals surface area contributed by atoms with Gasteiger partial charge < -0.3 is 0 Å². The molecular formula is C50H85N. The van der Waals surface area contributed by atoms with Gasteiger partial charge in [-0.05, 0) is 167 Å². The Bertz CT molecular complexity index is 965. The van der Waals surface area contributed by atoms with Crippen molar-refractivity contribution in [3.05, 3.63) is 0 Å². The summed E-state index contributed by atoms with van der Waals surface area (Å²) in [5.74, 6) is 13.3. The van der Waals surface area contributed by atoms with E-state index in [-0.39, 0.29) is 0 Å². The third-order valence-corrected chi connectivity index (χ3v) is 19.4. The lowest BCUT2D eigenvalue weighted by atomic mass is 9.44. The van der Waals surface area contributed by atoms with Crippen molar-refractivity contribution in [2.24, 2.45) is 71.0 Å². The molecule has 0 heterocycles. The van der Waals surface area contributed by atoms with E-state index < -0.39 is 0 Å². The van der Waals surface area contributed by atoms with E-state index in [1.54, 1.807) is 148 Å². The zero-order valence-corrected chi connectivity index (χ0v) is 33.9. The van der Waals surface area contributed by atoms with Crippen molar-refractivity contribution in [3.8, 4) is 0 Å². The highest BCUT2D eigenvalue weighted by molar-refractivity contribution is 5.05. The molecule has 0 saturated heterocycles. The second kappa shape index (κ2) is 17.4. The van der Waals surface area contributed by atoms with Crippen LogP contribution in [0.5, 0.6) is 0 Å². The highest BCUT2D eigenvalue weighted by Crippen LogP contribution is 2.63. The molecule has 290 valence electrons. The molecule has 6 atom stereocenters. The van der Waals surface area contributed by atoms with Crippen LogP contribution in [0.3, 0.4) is 0 Å². The molecule has 0 spiro atoms. The maximum Gasteiger partial charge on any atom is 0.0101 e. The van der Waals surface area contributed by atoms with Gasteiger partial charge in [0.2, 0.25) is 0 Å². The largest absolute Gasteiger partial charge is 0.294 e. The first kappa shape index (κ1) is 36.6. The predicted octanol–water partition coefficient (Wildman–Crippen LogP) is 14.6. The highest BCUT2D eigenvalue weighted by Gasteiger charge is 2.56. The number of nitrogens with zero attached hydrogens (tertiary/aromatic N) is 1. The van der Waals surface area contributed by atoms with Crippen molar-refractivity contribution < 1.29 is 0 Å². The van der Waals surface area contributed by atoms with E-state index in [1.807, 2.05) is 0 Å². The molecule has 9 saturated carbocycles. The minimum absolute atomic E-state index is 0.934. The Morgan fingerprint density at radius 2 is 0.529 bits per heavy atom. The van der Waals surface area contributed by atoms with E-state index in [0.29, 0.717) is 0 Å². The monoisotopic (exact) mass is 700 g/mol.